The van der Waals surface area contributed by atoms with E-state index in [9.17, 15) is 0 Å². The van der Waals surface area contributed by atoms with Crippen molar-refractivity contribution >= 4 is 11.9 Å². The van der Waals surface area contributed by atoms with E-state index in [0.717, 1.165) is 17.0 Å². The zero-order valence-corrected chi connectivity index (χ0v) is 11.3. The standard InChI is InChI=1S/C16H18N2O/c1-3-19-16-10-6-14(7-11-16)12-17-18-15-8-4-13(2)5-9-15/h4-12,18H,3H2,1-2H3/b17-12+. The SMILES string of the molecule is CCOc1ccc(/C=N/Nc2ccc(C)cc2)cc1. The lowest BCUT2D eigenvalue weighted by Gasteiger charge is -2.02. The highest BCUT2D eigenvalue weighted by Crippen LogP contribution is 2.11. The molecule has 1 N–H and O–H groups in total. The van der Waals surface area contributed by atoms with Gasteiger partial charge in [-0.2, -0.15) is 5.10 Å². The summed E-state index contributed by atoms with van der Waals surface area (Å²) in [5, 5.41) is 4.20. The Morgan fingerprint density at radius 2 is 1.74 bits per heavy atom. The Hall–Kier alpha value is -2.29. The van der Waals surface area contributed by atoms with Gasteiger partial charge in [0.1, 0.15) is 5.75 Å². The summed E-state index contributed by atoms with van der Waals surface area (Å²) >= 11 is 0. The van der Waals surface area contributed by atoms with Gasteiger partial charge in [0.2, 0.25) is 0 Å². The average Bonchev–Trinajstić information content (AvgIpc) is 2.43. The summed E-state index contributed by atoms with van der Waals surface area (Å²) in [6.07, 6.45) is 1.79. The number of hydrogen-bond acceptors (Lipinski definition) is 3. The molecular weight excluding hydrogens is 236 g/mol. The number of hydrazone groups is 1. The molecule has 0 aliphatic rings. The highest BCUT2D eigenvalue weighted by Gasteiger charge is 1.92. The van der Waals surface area contributed by atoms with Crippen molar-refractivity contribution < 1.29 is 4.74 Å². The monoisotopic (exact) mass is 254 g/mol. The number of rotatable bonds is 5. The lowest BCUT2D eigenvalue weighted by atomic mass is 10.2. The molecule has 98 valence electrons. The number of anilines is 1. The van der Waals surface area contributed by atoms with Crippen LogP contribution in [-0.2, 0) is 0 Å². The number of nitrogens with zero attached hydrogens (tertiary/aromatic N) is 1. The van der Waals surface area contributed by atoms with Crippen LogP contribution in [-0.4, -0.2) is 12.8 Å². The lowest BCUT2D eigenvalue weighted by molar-refractivity contribution is 0.340. The number of benzene rings is 2. The summed E-state index contributed by atoms with van der Waals surface area (Å²) in [7, 11) is 0. The van der Waals surface area contributed by atoms with E-state index in [1.54, 1.807) is 6.21 Å². The van der Waals surface area contributed by atoms with Crippen LogP contribution in [0, 0.1) is 6.92 Å². The zero-order valence-electron chi connectivity index (χ0n) is 11.3. The first-order chi connectivity index (χ1) is 9.28. The van der Waals surface area contributed by atoms with Crippen molar-refractivity contribution in [2.75, 3.05) is 12.0 Å². The molecule has 0 aromatic heterocycles. The summed E-state index contributed by atoms with van der Waals surface area (Å²) < 4.78 is 5.39. The highest BCUT2D eigenvalue weighted by atomic mass is 16.5. The number of hydrogen-bond donors (Lipinski definition) is 1. The molecule has 0 saturated heterocycles. The molecule has 0 radical (unpaired) electrons. The van der Waals surface area contributed by atoms with E-state index >= 15 is 0 Å². The number of nitrogens with one attached hydrogen (secondary N) is 1. The fourth-order valence-electron chi connectivity index (χ4n) is 1.63. The molecule has 2 rings (SSSR count). The van der Waals surface area contributed by atoms with Gasteiger partial charge in [-0.15, -0.1) is 0 Å². The minimum atomic E-state index is 0.683. The van der Waals surface area contributed by atoms with Gasteiger partial charge in [0.15, 0.2) is 0 Å². The van der Waals surface area contributed by atoms with Crippen LogP contribution in [0.2, 0.25) is 0 Å². The van der Waals surface area contributed by atoms with Crippen molar-refractivity contribution in [3.05, 3.63) is 59.7 Å². The van der Waals surface area contributed by atoms with Crippen LogP contribution in [0.25, 0.3) is 0 Å². The third kappa shape index (κ3) is 4.14. The molecule has 0 amide bonds. The molecule has 0 saturated carbocycles. The molecule has 2 aromatic rings. The molecule has 0 atom stereocenters. The van der Waals surface area contributed by atoms with Crippen molar-refractivity contribution in [2.24, 2.45) is 5.10 Å². The molecule has 3 nitrogen and oxygen atoms in total. The molecule has 3 heteroatoms. The second kappa shape index (κ2) is 6.59. The van der Waals surface area contributed by atoms with Gasteiger partial charge in [-0.3, -0.25) is 5.43 Å². The topological polar surface area (TPSA) is 33.6 Å². The van der Waals surface area contributed by atoms with Crippen LogP contribution >= 0.6 is 0 Å². The molecule has 0 fully saturated rings. The first kappa shape index (κ1) is 13.1. The Balaban J connectivity index is 1.93. The summed E-state index contributed by atoms with van der Waals surface area (Å²) in [6, 6.07) is 15.9. The van der Waals surface area contributed by atoms with Crippen molar-refractivity contribution in [2.45, 2.75) is 13.8 Å². The Bertz CT molecular complexity index is 530. The number of ether oxygens (including phenoxy) is 1. The molecule has 0 spiro atoms. The molecular formula is C16H18N2O. The second-order valence-electron chi connectivity index (χ2n) is 4.24. The predicted molar refractivity (Wildman–Crippen MR) is 80.0 cm³/mol. The summed E-state index contributed by atoms with van der Waals surface area (Å²) in [4.78, 5) is 0. The van der Waals surface area contributed by atoms with Gasteiger partial charge in [-0.05, 0) is 55.8 Å². The molecule has 0 aliphatic heterocycles. The normalized spacial score (nSPS) is 10.6. The molecule has 0 aliphatic carbocycles. The van der Waals surface area contributed by atoms with Crippen LogP contribution < -0.4 is 10.2 Å². The maximum atomic E-state index is 5.39. The first-order valence-corrected chi connectivity index (χ1v) is 6.36. The van der Waals surface area contributed by atoms with E-state index in [4.69, 9.17) is 4.74 Å². The van der Waals surface area contributed by atoms with Gasteiger partial charge in [-0.1, -0.05) is 17.7 Å². The van der Waals surface area contributed by atoms with Crippen LogP contribution in [0.15, 0.2) is 53.6 Å². The molecule has 0 bridgehead atoms. The predicted octanol–water partition coefficient (Wildman–Crippen LogP) is 3.84. The van der Waals surface area contributed by atoms with Gasteiger partial charge < -0.3 is 4.74 Å². The van der Waals surface area contributed by atoms with Crippen LogP contribution in [0.3, 0.4) is 0 Å². The third-order valence-electron chi connectivity index (χ3n) is 2.65. The largest absolute Gasteiger partial charge is 0.494 e. The molecule has 2 aromatic carbocycles. The maximum absolute atomic E-state index is 5.39. The van der Waals surface area contributed by atoms with Gasteiger partial charge in [0.25, 0.3) is 0 Å². The van der Waals surface area contributed by atoms with Crippen molar-refractivity contribution in [3.8, 4) is 5.75 Å². The average molecular weight is 254 g/mol. The van der Waals surface area contributed by atoms with Crippen molar-refractivity contribution in [1.82, 2.24) is 0 Å². The molecule has 19 heavy (non-hydrogen) atoms. The molecule has 0 heterocycles. The third-order valence-corrected chi connectivity index (χ3v) is 2.65. The van der Waals surface area contributed by atoms with Gasteiger partial charge in [-0.25, -0.2) is 0 Å². The first-order valence-electron chi connectivity index (χ1n) is 6.36. The van der Waals surface area contributed by atoms with E-state index in [1.807, 2.05) is 43.3 Å². The fourth-order valence-corrected chi connectivity index (χ4v) is 1.63. The Morgan fingerprint density at radius 3 is 2.37 bits per heavy atom. The van der Waals surface area contributed by atoms with Crippen molar-refractivity contribution in [1.29, 1.82) is 0 Å². The van der Waals surface area contributed by atoms with E-state index in [1.165, 1.54) is 5.56 Å². The van der Waals surface area contributed by atoms with Gasteiger partial charge >= 0.3 is 0 Å². The van der Waals surface area contributed by atoms with Crippen molar-refractivity contribution in [3.63, 3.8) is 0 Å². The number of aryl methyl sites for hydroxylation is 1. The van der Waals surface area contributed by atoms with Crippen LogP contribution in [0.5, 0.6) is 5.75 Å². The minimum Gasteiger partial charge on any atom is -0.494 e. The summed E-state index contributed by atoms with van der Waals surface area (Å²) in [5.41, 5.74) is 6.25. The second-order valence-corrected chi connectivity index (χ2v) is 4.24. The Labute approximate surface area is 113 Å². The summed E-state index contributed by atoms with van der Waals surface area (Å²) in [5.74, 6) is 0.881. The molecule has 0 unspecified atom stereocenters. The lowest BCUT2D eigenvalue weighted by Crippen LogP contribution is -1.92. The van der Waals surface area contributed by atoms with E-state index in [-0.39, 0.29) is 0 Å². The minimum absolute atomic E-state index is 0.683. The summed E-state index contributed by atoms with van der Waals surface area (Å²) in [6.45, 7) is 4.72. The van der Waals surface area contributed by atoms with Gasteiger partial charge in [0.05, 0.1) is 18.5 Å². The van der Waals surface area contributed by atoms with Crippen LogP contribution in [0.1, 0.15) is 18.1 Å². The quantitative estimate of drug-likeness (QED) is 0.649. The smallest absolute Gasteiger partial charge is 0.119 e. The van der Waals surface area contributed by atoms with E-state index < -0.39 is 0 Å². The Morgan fingerprint density at radius 1 is 1.05 bits per heavy atom. The fraction of sp³-hybridized carbons (Fsp3) is 0.188. The van der Waals surface area contributed by atoms with E-state index in [0.29, 0.717) is 6.61 Å². The van der Waals surface area contributed by atoms with E-state index in [2.05, 4.69) is 29.6 Å². The maximum Gasteiger partial charge on any atom is 0.119 e. The zero-order chi connectivity index (χ0) is 13.5. The highest BCUT2D eigenvalue weighted by molar-refractivity contribution is 5.80. The van der Waals surface area contributed by atoms with Gasteiger partial charge in [0, 0.05) is 0 Å². The Kier molecular flexibility index (Phi) is 4.56. The van der Waals surface area contributed by atoms with Crippen LogP contribution in [0.4, 0.5) is 5.69 Å².